The summed E-state index contributed by atoms with van der Waals surface area (Å²) in [7, 11) is 0. The molecule has 0 aliphatic rings. The molecule has 80 valence electrons. The molecule has 0 aromatic heterocycles. The van der Waals surface area contributed by atoms with Gasteiger partial charge in [-0.3, -0.25) is 5.32 Å². The van der Waals surface area contributed by atoms with E-state index in [2.05, 4.69) is 11.2 Å². The fraction of sp³-hybridized carbons (Fsp3) is 0.273. The third-order valence-corrected chi connectivity index (χ3v) is 2.06. The standard InChI is InChI=1S/C11H13NO3/c1-3-7(2)12-6-8-4-5-9(13)11(15)10(8)14/h1,4-5,7,12-15H,6H2,2H3. The Morgan fingerprint density at radius 1 is 1.33 bits per heavy atom. The average Bonchev–Trinajstić information content (AvgIpc) is 2.24. The molecule has 0 heterocycles. The van der Waals surface area contributed by atoms with Crippen molar-refractivity contribution in [3.63, 3.8) is 0 Å². The van der Waals surface area contributed by atoms with Crippen LogP contribution in [0.3, 0.4) is 0 Å². The molecule has 0 bridgehead atoms. The molecular weight excluding hydrogens is 194 g/mol. The van der Waals surface area contributed by atoms with Gasteiger partial charge in [-0.2, -0.15) is 0 Å². The second kappa shape index (κ2) is 4.58. The van der Waals surface area contributed by atoms with E-state index in [0.717, 1.165) is 0 Å². The largest absolute Gasteiger partial charge is 0.504 e. The van der Waals surface area contributed by atoms with E-state index in [0.29, 0.717) is 12.1 Å². The van der Waals surface area contributed by atoms with Gasteiger partial charge in [-0.05, 0) is 13.0 Å². The number of nitrogens with one attached hydrogen (secondary N) is 1. The van der Waals surface area contributed by atoms with Gasteiger partial charge >= 0.3 is 0 Å². The molecule has 0 fully saturated rings. The zero-order valence-corrected chi connectivity index (χ0v) is 8.36. The van der Waals surface area contributed by atoms with Crippen LogP contribution in [-0.4, -0.2) is 21.4 Å². The number of terminal acetylenes is 1. The smallest absolute Gasteiger partial charge is 0.200 e. The maximum atomic E-state index is 9.46. The number of aromatic hydroxyl groups is 3. The van der Waals surface area contributed by atoms with Crippen molar-refractivity contribution in [2.75, 3.05) is 0 Å². The molecule has 15 heavy (non-hydrogen) atoms. The highest BCUT2D eigenvalue weighted by Crippen LogP contribution is 2.36. The predicted molar refractivity (Wildman–Crippen MR) is 56.6 cm³/mol. The topological polar surface area (TPSA) is 72.7 Å². The van der Waals surface area contributed by atoms with Gasteiger partial charge < -0.3 is 15.3 Å². The van der Waals surface area contributed by atoms with Crippen LogP contribution in [0.1, 0.15) is 12.5 Å². The highest BCUT2D eigenvalue weighted by molar-refractivity contribution is 5.53. The lowest BCUT2D eigenvalue weighted by atomic mass is 10.1. The molecule has 4 heteroatoms. The molecule has 0 saturated carbocycles. The van der Waals surface area contributed by atoms with Gasteiger partial charge in [-0.25, -0.2) is 0 Å². The van der Waals surface area contributed by atoms with Crippen molar-refractivity contribution in [3.05, 3.63) is 17.7 Å². The van der Waals surface area contributed by atoms with Crippen LogP contribution >= 0.6 is 0 Å². The van der Waals surface area contributed by atoms with E-state index in [1.54, 1.807) is 6.92 Å². The summed E-state index contributed by atoms with van der Waals surface area (Å²) in [5.74, 6) is 1.29. The van der Waals surface area contributed by atoms with E-state index in [9.17, 15) is 10.2 Å². The lowest BCUT2D eigenvalue weighted by Crippen LogP contribution is -2.23. The van der Waals surface area contributed by atoms with Crippen molar-refractivity contribution in [2.24, 2.45) is 0 Å². The Labute approximate surface area is 88.2 Å². The summed E-state index contributed by atoms with van der Waals surface area (Å²) in [4.78, 5) is 0. The molecule has 0 amide bonds. The molecular formula is C11H13NO3. The maximum Gasteiger partial charge on any atom is 0.200 e. The Hall–Kier alpha value is -1.86. The summed E-state index contributed by atoms with van der Waals surface area (Å²) in [6.07, 6.45) is 5.16. The van der Waals surface area contributed by atoms with E-state index in [-0.39, 0.29) is 17.5 Å². The Morgan fingerprint density at radius 3 is 2.60 bits per heavy atom. The molecule has 1 atom stereocenters. The third kappa shape index (κ3) is 2.55. The first-order chi connectivity index (χ1) is 7.06. The summed E-state index contributed by atoms with van der Waals surface area (Å²) < 4.78 is 0. The van der Waals surface area contributed by atoms with Gasteiger partial charge in [-0.15, -0.1) is 6.42 Å². The van der Waals surface area contributed by atoms with E-state index < -0.39 is 5.75 Å². The fourth-order valence-corrected chi connectivity index (χ4v) is 1.08. The van der Waals surface area contributed by atoms with Gasteiger partial charge in [0, 0.05) is 12.1 Å². The number of phenolic OH excluding ortho intramolecular Hbond substituents is 3. The average molecular weight is 207 g/mol. The van der Waals surface area contributed by atoms with E-state index in [4.69, 9.17) is 11.5 Å². The normalized spacial score (nSPS) is 12.0. The molecule has 0 aliphatic heterocycles. The lowest BCUT2D eigenvalue weighted by Gasteiger charge is -2.10. The molecule has 4 N–H and O–H groups in total. The van der Waals surface area contributed by atoms with Crippen molar-refractivity contribution < 1.29 is 15.3 Å². The molecule has 1 rings (SSSR count). The van der Waals surface area contributed by atoms with Gasteiger partial charge in [0.2, 0.25) is 5.75 Å². The Morgan fingerprint density at radius 2 is 2.00 bits per heavy atom. The molecule has 4 nitrogen and oxygen atoms in total. The Balaban J connectivity index is 2.80. The first-order valence-electron chi connectivity index (χ1n) is 4.48. The van der Waals surface area contributed by atoms with Crippen LogP contribution in [-0.2, 0) is 6.54 Å². The number of hydrogen-bond acceptors (Lipinski definition) is 4. The van der Waals surface area contributed by atoms with Crippen LogP contribution in [0.25, 0.3) is 0 Å². The van der Waals surface area contributed by atoms with Crippen molar-refractivity contribution in [2.45, 2.75) is 19.5 Å². The first kappa shape index (κ1) is 11.2. The Bertz CT molecular complexity index is 396. The number of benzene rings is 1. The van der Waals surface area contributed by atoms with E-state index >= 15 is 0 Å². The molecule has 0 saturated heterocycles. The minimum absolute atomic E-state index is 0.125. The second-order valence-corrected chi connectivity index (χ2v) is 3.21. The highest BCUT2D eigenvalue weighted by atomic mass is 16.3. The predicted octanol–water partition coefficient (Wildman–Crippen LogP) is 0.915. The van der Waals surface area contributed by atoms with Crippen LogP contribution < -0.4 is 5.32 Å². The third-order valence-electron chi connectivity index (χ3n) is 2.06. The van der Waals surface area contributed by atoms with Crippen molar-refractivity contribution >= 4 is 0 Å². The molecule has 1 unspecified atom stereocenters. The molecule has 1 aromatic rings. The van der Waals surface area contributed by atoms with Gasteiger partial charge in [0.15, 0.2) is 11.5 Å². The maximum absolute atomic E-state index is 9.46. The monoisotopic (exact) mass is 207 g/mol. The molecule has 0 aliphatic carbocycles. The second-order valence-electron chi connectivity index (χ2n) is 3.21. The van der Waals surface area contributed by atoms with Gasteiger partial charge in [-0.1, -0.05) is 12.0 Å². The van der Waals surface area contributed by atoms with Crippen LogP contribution in [0.4, 0.5) is 0 Å². The summed E-state index contributed by atoms with van der Waals surface area (Å²) in [6, 6.07) is 2.70. The highest BCUT2D eigenvalue weighted by Gasteiger charge is 2.10. The quantitative estimate of drug-likeness (QED) is 0.439. The minimum atomic E-state index is -0.511. The van der Waals surface area contributed by atoms with Gasteiger partial charge in [0.05, 0.1) is 6.04 Å². The first-order valence-corrected chi connectivity index (χ1v) is 4.48. The molecule has 0 spiro atoms. The van der Waals surface area contributed by atoms with Gasteiger partial charge in [0.1, 0.15) is 0 Å². The van der Waals surface area contributed by atoms with Crippen molar-refractivity contribution in [3.8, 4) is 29.6 Å². The summed E-state index contributed by atoms with van der Waals surface area (Å²) in [5, 5.41) is 30.7. The SMILES string of the molecule is C#CC(C)NCc1ccc(O)c(O)c1O. The van der Waals surface area contributed by atoms with Crippen molar-refractivity contribution in [1.29, 1.82) is 0 Å². The van der Waals surface area contributed by atoms with Crippen LogP contribution in [0, 0.1) is 12.3 Å². The number of rotatable bonds is 3. The Kier molecular flexibility index (Phi) is 3.42. The van der Waals surface area contributed by atoms with Crippen LogP contribution in [0.5, 0.6) is 17.2 Å². The van der Waals surface area contributed by atoms with Crippen LogP contribution in [0.15, 0.2) is 12.1 Å². The fourth-order valence-electron chi connectivity index (χ4n) is 1.08. The minimum Gasteiger partial charge on any atom is -0.504 e. The lowest BCUT2D eigenvalue weighted by molar-refractivity contribution is 0.364. The van der Waals surface area contributed by atoms with Gasteiger partial charge in [0.25, 0.3) is 0 Å². The van der Waals surface area contributed by atoms with E-state index in [1.807, 2.05) is 0 Å². The summed E-state index contributed by atoms with van der Waals surface area (Å²) in [6.45, 7) is 2.13. The number of phenols is 3. The number of hydrogen-bond donors (Lipinski definition) is 4. The summed E-state index contributed by atoms with van der Waals surface area (Å²) in [5.41, 5.74) is 0.479. The molecule has 1 aromatic carbocycles. The van der Waals surface area contributed by atoms with E-state index in [1.165, 1.54) is 12.1 Å². The zero-order chi connectivity index (χ0) is 11.4. The molecule has 0 radical (unpaired) electrons. The summed E-state index contributed by atoms with van der Waals surface area (Å²) >= 11 is 0. The zero-order valence-electron chi connectivity index (χ0n) is 8.36. The van der Waals surface area contributed by atoms with Crippen molar-refractivity contribution in [1.82, 2.24) is 5.32 Å². The van der Waals surface area contributed by atoms with Crippen LogP contribution in [0.2, 0.25) is 0 Å².